The SMILES string of the molecule is Cc1ccc(C)c(C(=O)C(C)N2CCC(=O)C(C)C2)c1. The molecule has 2 atom stereocenters. The van der Waals surface area contributed by atoms with Crippen LogP contribution in [-0.2, 0) is 4.79 Å². The largest absolute Gasteiger partial charge is 0.299 e. The van der Waals surface area contributed by atoms with E-state index in [1.807, 2.05) is 45.9 Å². The number of nitrogens with zero attached hydrogens (tertiary/aromatic N) is 1. The third-order valence-corrected chi connectivity index (χ3v) is 4.29. The van der Waals surface area contributed by atoms with Crippen molar-refractivity contribution in [2.75, 3.05) is 13.1 Å². The number of carbonyl (C=O) groups is 2. The average Bonchev–Trinajstić information content (AvgIpc) is 2.43. The van der Waals surface area contributed by atoms with Crippen LogP contribution >= 0.6 is 0 Å². The molecule has 0 aromatic heterocycles. The maximum Gasteiger partial charge on any atom is 0.179 e. The van der Waals surface area contributed by atoms with Crippen molar-refractivity contribution < 1.29 is 9.59 Å². The van der Waals surface area contributed by atoms with Crippen molar-refractivity contribution >= 4 is 11.6 Å². The molecule has 2 unspecified atom stereocenters. The van der Waals surface area contributed by atoms with Gasteiger partial charge in [0, 0.05) is 31.0 Å². The molecule has 1 fully saturated rings. The molecule has 0 saturated carbocycles. The molecular weight excluding hydrogens is 250 g/mol. The van der Waals surface area contributed by atoms with Crippen LogP contribution in [0.4, 0.5) is 0 Å². The predicted molar refractivity (Wildman–Crippen MR) is 80.1 cm³/mol. The Morgan fingerprint density at radius 2 is 2.05 bits per heavy atom. The summed E-state index contributed by atoms with van der Waals surface area (Å²) in [4.78, 5) is 26.4. The van der Waals surface area contributed by atoms with Crippen molar-refractivity contribution in [3.63, 3.8) is 0 Å². The molecule has 1 heterocycles. The standard InChI is InChI=1S/C17H23NO2/c1-11-5-6-12(2)15(9-11)17(20)14(4)18-8-7-16(19)13(3)10-18/h5-6,9,13-14H,7-8,10H2,1-4H3. The van der Waals surface area contributed by atoms with Gasteiger partial charge < -0.3 is 0 Å². The van der Waals surface area contributed by atoms with Gasteiger partial charge in [-0.3, -0.25) is 14.5 Å². The van der Waals surface area contributed by atoms with Crippen LogP contribution in [0.25, 0.3) is 0 Å². The zero-order valence-electron chi connectivity index (χ0n) is 12.8. The molecule has 1 aliphatic rings. The van der Waals surface area contributed by atoms with E-state index in [0.29, 0.717) is 25.3 Å². The molecular formula is C17H23NO2. The molecule has 0 aliphatic carbocycles. The monoisotopic (exact) mass is 273 g/mol. The minimum absolute atomic E-state index is 0.0395. The number of Topliss-reactive ketones (excluding diaryl/α,β-unsaturated/α-hetero) is 2. The topological polar surface area (TPSA) is 37.4 Å². The van der Waals surface area contributed by atoms with Crippen LogP contribution in [0.5, 0.6) is 0 Å². The molecule has 1 aromatic carbocycles. The molecule has 3 nitrogen and oxygen atoms in total. The summed E-state index contributed by atoms with van der Waals surface area (Å²) in [5, 5.41) is 0. The van der Waals surface area contributed by atoms with Crippen molar-refractivity contribution in [1.29, 1.82) is 0 Å². The molecule has 0 N–H and O–H groups in total. The van der Waals surface area contributed by atoms with E-state index in [4.69, 9.17) is 0 Å². The molecule has 1 saturated heterocycles. The average molecular weight is 273 g/mol. The predicted octanol–water partition coefficient (Wildman–Crippen LogP) is 2.79. The normalized spacial score (nSPS) is 21.8. The van der Waals surface area contributed by atoms with Gasteiger partial charge in [-0.1, -0.05) is 24.6 Å². The van der Waals surface area contributed by atoms with Crippen LogP contribution in [0.3, 0.4) is 0 Å². The Morgan fingerprint density at radius 1 is 1.35 bits per heavy atom. The Labute approximate surface area is 121 Å². The molecule has 20 heavy (non-hydrogen) atoms. The second-order valence-electron chi connectivity index (χ2n) is 5.97. The molecule has 0 radical (unpaired) electrons. The van der Waals surface area contributed by atoms with E-state index in [1.165, 1.54) is 0 Å². The Bertz CT molecular complexity index is 536. The summed E-state index contributed by atoms with van der Waals surface area (Å²) in [6.07, 6.45) is 0.561. The third kappa shape index (κ3) is 2.98. The zero-order chi connectivity index (χ0) is 14.9. The van der Waals surface area contributed by atoms with Gasteiger partial charge in [0.1, 0.15) is 5.78 Å². The van der Waals surface area contributed by atoms with E-state index in [0.717, 1.165) is 16.7 Å². The Kier molecular flexibility index (Phi) is 4.39. The zero-order valence-corrected chi connectivity index (χ0v) is 12.8. The minimum atomic E-state index is -0.161. The molecule has 0 bridgehead atoms. The summed E-state index contributed by atoms with van der Waals surface area (Å²) in [5.41, 5.74) is 2.93. The van der Waals surface area contributed by atoms with Crippen molar-refractivity contribution in [2.24, 2.45) is 5.92 Å². The Morgan fingerprint density at radius 3 is 2.70 bits per heavy atom. The molecule has 2 rings (SSSR count). The van der Waals surface area contributed by atoms with Crippen LogP contribution in [0.2, 0.25) is 0 Å². The quantitative estimate of drug-likeness (QED) is 0.795. The minimum Gasteiger partial charge on any atom is -0.299 e. The molecule has 1 aliphatic heterocycles. The third-order valence-electron chi connectivity index (χ3n) is 4.29. The van der Waals surface area contributed by atoms with E-state index in [-0.39, 0.29) is 17.7 Å². The summed E-state index contributed by atoms with van der Waals surface area (Å²) in [6.45, 7) is 9.26. The van der Waals surface area contributed by atoms with E-state index in [1.54, 1.807) is 0 Å². The van der Waals surface area contributed by atoms with Crippen LogP contribution in [0, 0.1) is 19.8 Å². The lowest BCUT2D eigenvalue weighted by Crippen LogP contribution is -2.47. The number of piperidine rings is 1. The van der Waals surface area contributed by atoms with E-state index in [2.05, 4.69) is 4.90 Å². The first-order valence-electron chi connectivity index (χ1n) is 7.28. The second-order valence-corrected chi connectivity index (χ2v) is 5.97. The lowest BCUT2D eigenvalue weighted by atomic mass is 9.93. The number of hydrogen-bond acceptors (Lipinski definition) is 3. The Balaban J connectivity index is 2.16. The number of rotatable bonds is 3. The number of benzene rings is 1. The highest BCUT2D eigenvalue weighted by atomic mass is 16.1. The fourth-order valence-corrected chi connectivity index (χ4v) is 2.79. The first-order chi connectivity index (χ1) is 9.40. The van der Waals surface area contributed by atoms with Gasteiger partial charge in [-0.25, -0.2) is 0 Å². The summed E-state index contributed by atoms with van der Waals surface area (Å²) in [5.74, 6) is 0.512. The lowest BCUT2D eigenvalue weighted by molar-refractivity contribution is -0.125. The maximum atomic E-state index is 12.7. The fraction of sp³-hybridized carbons (Fsp3) is 0.529. The molecule has 1 aromatic rings. The van der Waals surface area contributed by atoms with Crippen molar-refractivity contribution in [3.05, 3.63) is 34.9 Å². The second kappa shape index (κ2) is 5.88. The number of carbonyl (C=O) groups excluding carboxylic acids is 2. The van der Waals surface area contributed by atoms with E-state index < -0.39 is 0 Å². The molecule has 3 heteroatoms. The maximum absolute atomic E-state index is 12.7. The van der Waals surface area contributed by atoms with Crippen molar-refractivity contribution in [3.8, 4) is 0 Å². The summed E-state index contributed by atoms with van der Waals surface area (Å²) in [6, 6.07) is 5.83. The van der Waals surface area contributed by atoms with Gasteiger partial charge >= 0.3 is 0 Å². The highest BCUT2D eigenvalue weighted by Gasteiger charge is 2.30. The summed E-state index contributed by atoms with van der Waals surface area (Å²) in [7, 11) is 0. The van der Waals surface area contributed by atoms with Gasteiger partial charge in [0.25, 0.3) is 0 Å². The van der Waals surface area contributed by atoms with E-state index >= 15 is 0 Å². The van der Waals surface area contributed by atoms with Crippen molar-refractivity contribution in [2.45, 2.75) is 40.2 Å². The summed E-state index contributed by atoms with van der Waals surface area (Å²) < 4.78 is 0. The lowest BCUT2D eigenvalue weighted by Gasteiger charge is -2.34. The van der Waals surface area contributed by atoms with Crippen LogP contribution < -0.4 is 0 Å². The molecule has 0 amide bonds. The van der Waals surface area contributed by atoms with Gasteiger partial charge in [-0.05, 0) is 32.4 Å². The number of aryl methyl sites for hydroxylation is 2. The van der Waals surface area contributed by atoms with Crippen LogP contribution in [-0.4, -0.2) is 35.6 Å². The summed E-state index contributed by atoms with van der Waals surface area (Å²) >= 11 is 0. The first kappa shape index (κ1) is 14.9. The van der Waals surface area contributed by atoms with Gasteiger partial charge in [-0.15, -0.1) is 0 Å². The Hall–Kier alpha value is -1.48. The van der Waals surface area contributed by atoms with Gasteiger partial charge in [0.15, 0.2) is 5.78 Å². The number of ketones is 2. The van der Waals surface area contributed by atoms with Gasteiger partial charge in [-0.2, -0.15) is 0 Å². The van der Waals surface area contributed by atoms with Gasteiger partial charge in [0.2, 0.25) is 0 Å². The van der Waals surface area contributed by atoms with Crippen molar-refractivity contribution in [1.82, 2.24) is 4.90 Å². The molecule has 0 spiro atoms. The highest BCUT2D eigenvalue weighted by molar-refractivity contribution is 6.01. The van der Waals surface area contributed by atoms with E-state index in [9.17, 15) is 9.59 Å². The first-order valence-corrected chi connectivity index (χ1v) is 7.28. The number of likely N-dealkylation sites (tertiary alicyclic amines) is 1. The molecule has 108 valence electrons. The van der Waals surface area contributed by atoms with Crippen LogP contribution in [0.1, 0.15) is 41.8 Å². The smallest absolute Gasteiger partial charge is 0.179 e. The number of hydrogen-bond donors (Lipinski definition) is 0. The highest BCUT2D eigenvalue weighted by Crippen LogP contribution is 2.19. The fourth-order valence-electron chi connectivity index (χ4n) is 2.79. The van der Waals surface area contributed by atoms with Gasteiger partial charge in [0.05, 0.1) is 6.04 Å². The van der Waals surface area contributed by atoms with Crippen LogP contribution in [0.15, 0.2) is 18.2 Å².